The van der Waals surface area contributed by atoms with Crippen molar-refractivity contribution in [2.24, 2.45) is 0 Å². The van der Waals surface area contributed by atoms with E-state index in [2.05, 4.69) is 42.2 Å². The van der Waals surface area contributed by atoms with Crippen molar-refractivity contribution in [1.82, 2.24) is 9.55 Å². The topological polar surface area (TPSA) is 46.9 Å². The van der Waals surface area contributed by atoms with Crippen molar-refractivity contribution in [3.63, 3.8) is 0 Å². The van der Waals surface area contributed by atoms with Crippen molar-refractivity contribution >= 4 is 43.6 Å². The Hall–Kier alpha value is -1.14. The molecule has 1 amide bonds. The summed E-state index contributed by atoms with van der Waals surface area (Å²) >= 11 is 6.71. The molecule has 6 heteroatoms. The van der Waals surface area contributed by atoms with E-state index in [-0.39, 0.29) is 6.03 Å². The fraction of sp³-hybridized carbons (Fsp3) is 0. The van der Waals surface area contributed by atoms with Crippen LogP contribution in [0.1, 0.15) is 0 Å². The van der Waals surface area contributed by atoms with Gasteiger partial charge in [0, 0.05) is 21.3 Å². The molecule has 4 nitrogen and oxygen atoms in total. The van der Waals surface area contributed by atoms with Crippen LogP contribution in [-0.4, -0.2) is 15.6 Å². The summed E-state index contributed by atoms with van der Waals surface area (Å²) in [6, 6.07) is 5.31. The highest BCUT2D eigenvalue weighted by Gasteiger charge is 2.07. The van der Waals surface area contributed by atoms with E-state index in [9.17, 15) is 4.79 Å². The molecule has 2 aromatic rings. The molecule has 0 aliphatic heterocycles. The van der Waals surface area contributed by atoms with Crippen LogP contribution in [-0.2, 0) is 0 Å². The Morgan fingerprint density at radius 2 is 2.19 bits per heavy atom. The normalized spacial score (nSPS) is 10.1. The van der Waals surface area contributed by atoms with Crippen LogP contribution in [0.15, 0.2) is 45.9 Å². The van der Waals surface area contributed by atoms with Gasteiger partial charge in [0.2, 0.25) is 0 Å². The quantitative estimate of drug-likeness (QED) is 0.860. The molecule has 16 heavy (non-hydrogen) atoms. The Morgan fingerprint density at radius 1 is 1.38 bits per heavy atom. The summed E-state index contributed by atoms with van der Waals surface area (Å²) in [6.07, 6.45) is 4.58. The van der Waals surface area contributed by atoms with Gasteiger partial charge in [0.05, 0.1) is 5.69 Å². The van der Waals surface area contributed by atoms with E-state index in [1.54, 1.807) is 12.4 Å². The summed E-state index contributed by atoms with van der Waals surface area (Å²) in [5.74, 6) is 0. The van der Waals surface area contributed by atoms with Gasteiger partial charge in [-0.15, -0.1) is 0 Å². The van der Waals surface area contributed by atoms with Crippen molar-refractivity contribution in [3.05, 3.63) is 45.9 Å². The molecular formula is C10H7Br2N3O. The van der Waals surface area contributed by atoms with Crippen molar-refractivity contribution in [3.8, 4) is 0 Å². The van der Waals surface area contributed by atoms with Crippen LogP contribution in [0.2, 0.25) is 0 Å². The highest BCUT2D eigenvalue weighted by atomic mass is 79.9. The minimum Gasteiger partial charge on any atom is -0.306 e. The second kappa shape index (κ2) is 4.80. The maximum absolute atomic E-state index is 11.7. The monoisotopic (exact) mass is 343 g/mol. The Kier molecular flexibility index (Phi) is 3.40. The lowest BCUT2D eigenvalue weighted by Gasteiger charge is -2.07. The lowest BCUT2D eigenvalue weighted by molar-refractivity contribution is 0.253. The number of imidazole rings is 1. The molecule has 2 rings (SSSR count). The molecule has 0 unspecified atom stereocenters. The number of nitrogens with one attached hydrogen (secondary N) is 1. The number of hydrogen-bond acceptors (Lipinski definition) is 2. The molecule has 1 heterocycles. The van der Waals surface area contributed by atoms with Gasteiger partial charge in [-0.25, -0.2) is 9.78 Å². The predicted octanol–water partition coefficient (Wildman–Crippen LogP) is 3.49. The molecule has 0 aliphatic carbocycles. The summed E-state index contributed by atoms with van der Waals surface area (Å²) in [4.78, 5) is 15.5. The number of benzene rings is 1. The standard InChI is InChI=1S/C10H7Br2N3O/c11-7-1-2-8(12)9(5-7)14-10(16)15-4-3-13-6-15/h1-6H,(H,14,16). The molecule has 0 aliphatic rings. The first-order chi connectivity index (χ1) is 7.66. The fourth-order valence-corrected chi connectivity index (χ4v) is 1.86. The number of halogens is 2. The molecule has 0 bridgehead atoms. The first kappa shape index (κ1) is 11.3. The van der Waals surface area contributed by atoms with Crippen LogP contribution >= 0.6 is 31.9 Å². The third-order valence-corrected chi connectivity index (χ3v) is 3.09. The molecule has 1 aromatic carbocycles. The Bertz CT molecular complexity index is 511. The molecule has 0 saturated carbocycles. The Balaban J connectivity index is 2.21. The zero-order valence-electron chi connectivity index (χ0n) is 8.02. The number of amides is 1. The van der Waals surface area contributed by atoms with E-state index >= 15 is 0 Å². The van der Waals surface area contributed by atoms with Gasteiger partial charge in [0.25, 0.3) is 0 Å². The van der Waals surface area contributed by atoms with E-state index in [0.717, 1.165) is 8.95 Å². The van der Waals surface area contributed by atoms with E-state index in [1.165, 1.54) is 10.9 Å². The van der Waals surface area contributed by atoms with Crippen molar-refractivity contribution in [2.45, 2.75) is 0 Å². The second-order valence-corrected chi connectivity index (χ2v) is 4.79. The average Bonchev–Trinajstić information content (AvgIpc) is 2.76. The van der Waals surface area contributed by atoms with Gasteiger partial charge in [-0.1, -0.05) is 15.9 Å². The van der Waals surface area contributed by atoms with Gasteiger partial charge in [-0.3, -0.25) is 4.57 Å². The maximum Gasteiger partial charge on any atom is 0.331 e. The predicted molar refractivity (Wildman–Crippen MR) is 68.5 cm³/mol. The lowest BCUT2D eigenvalue weighted by atomic mass is 10.3. The van der Waals surface area contributed by atoms with Crippen LogP contribution in [0.4, 0.5) is 10.5 Å². The van der Waals surface area contributed by atoms with E-state index in [4.69, 9.17) is 0 Å². The zero-order chi connectivity index (χ0) is 11.5. The minimum absolute atomic E-state index is 0.253. The van der Waals surface area contributed by atoms with Gasteiger partial charge in [-0.2, -0.15) is 0 Å². The van der Waals surface area contributed by atoms with Crippen LogP contribution in [0.5, 0.6) is 0 Å². The Morgan fingerprint density at radius 3 is 2.88 bits per heavy atom. The van der Waals surface area contributed by atoms with Gasteiger partial charge in [0.1, 0.15) is 6.33 Å². The summed E-state index contributed by atoms with van der Waals surface area (Å²) in [7, 11) is 0. The number of nitrogens with zero attached hydrogens (tertiary/aromatic N) is 2. The first-order valence-electron chi connectivity index (χ1n) is 4.41. The van der Waals surface area contributed by atoms with Crippen LogP contribution in [0.3, 0.4) is 0 Å². The molecule has 0 fully saturated rings. The average molecular weight is 345 g/mol. The SMILES string of the molecule is O=C(Nc1cc(Br)ccc1Br)n1ccnc1. The largest absolute Gasteiger partial charge is 0.331 e. The van der Waals surface area contributed by atoms with Crippen molar-refractivity contribution in [1.29, 1.82) is 0 Å². The van der Waals surface area contributed by atoms with E-state index in [0.29, 0.717) is 5.69 Å². The first-order valence-corrected chi connectivity index (χ1v) is 6.00. The van der Waals surface area contributed by atoms with E-state index in [1.807, 2.05) is 18.2 Å². The zero-order valence-corrected chi connectivity index (χ0v) is 11.2. The highest BCUT2D eigenvalue weighted by Crippen LogP contribution is 2.26. The van der Waals surface area contributed by atoms with Crippen molar-refractivity contribution in [2.75, 3.05) is 5.32 Å². The summed E-state index contributed by atoms with van der Waals surface area (Å²) in [5.41, 5.74) is 0.702. The summed E-state index contributed by atoms with van der Waals surface area (Å²) in [6.45, 7) is 0. The molecule has 0 spiro atoms. The summed E-state index contributed by atoms with van der Waals surface area (Å²) in [5, 5.41) is 2.76. The summed E-state index contributed by atoms with van der Waals surface area (Å²) < 4.78 is 3.09. The van der Waals surface area contributed by atoms with Crippen LogP contribution < -0.4 is 5.32 Å². The number of aromatic nitrogens is 2. The van der Waals surface area contributed by atoms with Crippen LogP contribution in [0, 0.1) is 0 Å². The smallest absolute Gasteiger partial charge is 0.306 e. The molecule has 0 saturated heterocycles. The number of anilines is 1. The highest BCUT2D eigenvalue weighted by molar-refractivity contribution is 9.11. The molecule has 1 aromatic heterocycles. The van der Waals surface area contributed by atoms with Gasteiger partial charge < -0.3 is 5.32 Å². The second-order valence-electron chi connectivity index (χ2n) is 3.02. The van der Waals surface area contributed by atoms with Crippen LogP contribution in [0.25, 0.3) is 0 Å². The van der Waals surface area contributed by atoms with E-state index < -0.39 is 0 Å². The lowest BCUT2D eigenvalue weighted by Crippen LogP contribution is -2.17. The van der Waals surface area contributed by atoms with Crippen molar-refractivity contribution < 1.29 is 4.79 Å². The molecule has 0 atom stereocenters. The fourth-order valence-electron chi connectivity index (χ4n) is 1.15. The molecular weight excluding hydrogens is 338 g/mol. The molecule has 0 radical (unpaired) electrons. The van der Waals surface area contributed by atoms with Gasteiger partial charge in [0.15, 0.2) is 0 Å². The number of carbonyl (C=O) groups excluding carboxylic acids is 1. The third-order valence-electron chi connectivity index (χ3n) is 1.91. The number of rotatable bonds is 1. The van der Waals surface area contributed by atoms with Gasteiger partial charge >= 0.3 is 6.03 Å². The maximum atomic E-state index is 11.7. The Labute approximate surface area is 109 Å². The molecule has 1 N–H and O–H groups in total. The number of carbonyl (C=O) groups is 1. The number of hydrogen-bond donors (Lipinski definition) is 1. The third kappa shape index (κ3) is 2.51. The minimum atomic E-state index is -0.253. The van der Waals surface area contributed by atoms with Gasteiger partial charge in [-0.05, 0) is 34.1 Å². The molecule has 82 valence electrons.